The molecule has 0 bridgehead atoms. The summed E-state index contributed by atoms with van der Waals surface area (Å²) in [5.41, 5.74) is 0. The summed E-state index contributed by atoms with van der Waals surface area (Å²) in [4.78, 5) is 20.1. The molecule has 8 heteroatoms. The lowest BCUT2D eigenvalue weighted by Gasteiger charge is -2.08. The Balaban J connectivity index is 2.00. The summed E-state index contributed by atoms with van der Waals surface area (Å²) in [5.74, 6) is 1.01. The van der Waals surface area contributed by atoms with Crippen LogP contribution in [0.2, 0.25) is 0 Å². The average Bonchev–Trinajstić information content (AvgIpc) is 3.21. The van der Waals surface area contributed by atoms with E-state index in [4.69, 9.17) is 4.42 Å². The zero-order chi connectivity index (χ0) is 15.4. The summed E-state index contributed by atoms with van der Waals surface area (Å²) < 4.78 is 19.0. The molecule has 0 fully saturated rings. The number of anilines is 1. The fraction of sp³-hybridized carbons (Fsp3) is 0.143. The first-order valence-corrected chi connectivity index (χ1v) is 6.55. The minimum absolute atomic E-state index is 0.225. The molecule has 7 nitrogen and oxygen atoms in total. The summed E-state index contributed by atoms with van der Waals surface area (Å²) in [7, 11) is 0. The molecule has 1 amide bonds. The third-order valence-electron chi connectivity index (χ3n) is 2.78. The third kappa shape index (κ3) is 3.00. The second kappa shape index (κ2) is 6.17. The molecule has 0 unspecified atom stereocenters. The van der Waals surface area contributed by atoms with Crippen LogP contribution in [0.1, 0.15) is 6.42 Å². The van der Waals surface area contributed by atoms with Crippen LogP contribution in [-0.4, -0.2) is 32.3 Å². The Bertz CT molecular complexity index is 703. The second-order valence-corrected chi connectivity index (χ2v) is 4.35. The minimum Gasteiger partial charge on any atom is -0.461 e. The van der Waals surface area contributed by atoms with Crippen molar-refractivity contribution in [3.05, 3.63) is 42.9 Å². The number of halogens is 1. The van der Waals surface area contributed by atoms with Crippen molar-refractivity contribution in [2.45, 2.75) is 6.42 Å². The van der Waals surface area contributed by atoms with E-state index in [0.29, 0.717) is 17.4 Å². The number of nitrogens with one attached hydrogen (secondary N) is 1. The van der Waals surface area contributed by atoms with Gasteiger partial charge in [-0.05, 0) is 18.2 Å². The number of carbonyl (C=O) groups is 1. The minimum atomic E-state index is -0.728. The molecule has 0 saturated carbocycles. The highest BCUT2D eigenvalue weighted by Crippen LogP contribution is 2.20. The molecule has 3 aromatic heterocycles. The topological polar surface area (TPSA) is 85.8 Å². The van der Waals surface area contributed by atoms with E-state index < -0.39 is 12.6 Å². The Hall–Kier alpha value is -3.03. The summed E-state index contributed by atoms with van der Waals surface area (Å²) in [5, 5.41) is 6.62. The van der Waals surface area contributed by atoms with Crippen molar-refractivity contribution >= 4 is 11.7 Å². The zero-order valence-electron chi connectivity index (χ0n) is 11.4. The van der Waals surface area contributed by atoms with Gasteiger partial charge in [0.25, 0.3) is 0 Å². The van der Waals surface area contributed by atoms with Crippen molar-refractivity contribution < 1.29 is 13.6 Å². The molecule has 0 aromatic carbocycles. The van der Waals surface area contributed by atoms with Gasteiger partial charge < -0.3 is 9.73 Å². The number of amides is 1. The van der Waals surface area contributed by atoms with Gasteiger partial charge in [-0.3, -0.25) is 9.18 Å². The van der Waals surface area contributed by atoms with Gasteiger partial charge in [-0.25, -0.2) is 14.6 Å². The van der Waals surface area contributed by atoms with E-state index in [9.17, 15) is 9.18 Å². The number of hydrogen-bond acceptors (Lipinski definition) is 5. The fourth-order valence-electron chi connectivity index (χ4n) is 1.83. The van der Waals surface area contributed by atoms with Gasteiger partial charge in [0, 0.05) is 18.5 Å². The Kier molecular flexibility index (Phi) is 3.90. The first-order valence-electron chi connectivity index (χ1n) is 6.55. The summed E-state index contributed by atoms with van der Waals surface area (Å²) >= 11 is 0. The van der Waals surface area contributed by atoms with E-state index >= 15 is 0 Å². The van der Waals surface area contributed by atoms with Crippen LogP contribution in [0, 0.1) is 0 Å². The van der Waals surface area contributed by atoms with Gasteiger partial charge in [0.05, 0.1) is 19.4 Å². The van der Waals surface area contributed by atoms with Crippen LogP contribution in [0.3, 0.4) is 0 Å². The lowest BCUT2D eigenvalue weighted by atomic mass is 10.4. The normalized spacial score (nSPS) is 10.6. The Morgan fingerprint density at radius 3 is 2.95 bits per heavy atom. The molecule has 112 valence electrons. The molecule has 0 radical (unpaired) electrons. The van der Waals surface area contributed by atoms with Crippen molar-refractivity contribution in [1.82, 2.24) is 19.7 Å². The van der Waals surface area contributed by atoms with E-state index in [1.807, 2.05) is 0 Å². The monoisotopic (exact) mass is 301 g/mol. The van der Waals surface area contributed by atoms with Gasteiger partial charge >= 0.3 is 0 Å². The maximum Gasteiger partial charge on any atom is 0.228 e. The molecule has 0 aliphatic carbocycles. The molecular weight excluding hydrogens is 289 g/mol. The van der Waals surface area contributed by atoms with Crippen LogP contribution in [0.15, 0.2) is 47.3 Å². The SMILES string of the molecule is O=C(CCF)Nc1cc(-n2cccn2)nc(-c2ccco2)n1. The van der Waals surface area contributed by atoms with E-state index in [1.165, 1.54) is 10.9 Å². The number of nitrogens with zero attached hydrogens (tertiary/aromatic N) is 4. The van der Waals surface area contributed by atoms with Crippen LogP contribution in [0.25, 0.3) is 17.4 Å². The molecule has 0 aliphatic rings. The summed E-state index contributed by atoms with van der Waals surface area (Å²) in [6, 6.07) is 6.71. The Morgan fingerprint density at radius 1 is 1.36 bits per heavy atom. The lowest BCUT2D eigenvalue weighted by molar-refractivity contribution is -0.116. The maximum atomic E-state index is 12.2. The van der Waals surface area contributed by atoms with Crippen molar-refractivity contribution in [3.8, 4) is 17.4 Å². The number of aromatic nitrogens is 4. The zero-order valence-corrected chi connectivity index (χ0v) is 11.4. The quantitative estimate of drug-likeness (QED) is 0.781. The summed E-state index contributed by atoms with van der Waals surface area (Å²) in [6.45, 7) is -0.728. The molecular formula is C14H12FN5O2. The predicted molar refractivity (Wildman–Crippen MR) is 76.1 cm³/mol. The Morgan fingerprint density at radius 2 is 2.27 bits per heavy atom. The lowest BCUT2D eigenvalue weighted by Crippen LogP contribution is -2.14. The largest absolute Gasteiger partial charge is 0.461 e. The van der Waals surface area contributed by atoms with Crippen LogP contribution in [0.4, 0.5) is 10.2 Å². The number of hydrogen-bond donors (Lipinski definition) is 1. The van der Waals surface area contributed by atoms with Gasteiger partial charge in [-0.1, -0.05) is 0 Å². The number of carbonyl (C=O) groups excluding carboxylic acids is 1. The van der Waals surface area contributed by atoms with Crippen molar-refractivity contribution in [2.75, 3.05) is 12.0 Å². The van der Waals surface area contributed by atoms with Gasteiger partial charge in [0.2, 0.25) is 5.91 Å². The van der Waals surface area contributed by atoms with Gasteiger partial charge in [-0.15, -0.1) is 0 Å². The Labute approximate surface area is 124 Å². The molecule has 3 rings (SSSR count). The molecule has 22 heavy (non-hydrogen) atoms. The fourth-order valence-corrected chi connectivity index (χ4v) is 1.83. The van der Waals surface area contributed by atoms with Crippen molar-refractivity contribution in [3.63, 3.8) is 0 Å². The molecule has 0 aliphatic heterocycles. The van der Waals surface area contributed by atoms with Gasteiger partial charge in [0.15, 0.2) is 17.4 Å². The number of alkyl halides is 1. The highest BCUT2D eigenvalue weighted by Gasteiger charge is 2.12. The van der Waals surface area contributed by atoms with Crippen LogP contribution in [-0.2, 0) is 4.79 Å². The molecule has 0 saturated heterocycles. The van der Waals surface area contributed by atoms with Gasteiger partial charge in [0.1, 0.15) is 5.82 Å². The van der Waals surface area contributed by atoms with Crippen molar-refractivity contribution in [2.24, 2.45) is 0 Å². The molecule has 3 heterocycles. The maximum absolute atomic E-state index is 12.2. The van der Waals surface area contributed by atoms with Crippen LogP contribution >= 0.6 is 0 Å². The van der Waals surface area contributed by atoms with E-state index in [-0.39, 0.29) is 12.2 Å². The van der Waals surface area contributed by atoms with Gasteiger partial charge in [-0.2, -0.15) is 5.10 Å². The molecule has 1 N–H and O–H groups in total. The van der Waals surface area contributed by atoms with Crippen molar-refractivity contribution in [1.29, 1.82) is 0 Å². The smallest absolute Gasteiger partial charge is 0.228 e. The standard InChI is InChI=1S/C14H12FN5O2/c15-5-4-13(21)17-11-9-12(20-7-2-6-16-20)19-14(18-11)10-3-1-8-22-10/h1-3,6-9H,4-5H2,(H,17,18,19,21). The predicted octanol–water partition coefficient (Wildman–Crippen LogP) is 2.22. The summed E-state index contributed by atoms with van der Waals surface area (Å²) in [6.07, 6.45) is 4.59. The van der Waals surface area contributed by atoms with E-state index in [2.05, 4.69) is 20.4 Å². The van der Waals surface area contributed by atoms with E-state index in [1.54, 1.807) is 36.7 Å². The average molecular weight is 301 g/mol. The highest BCUT2D eigenvalue weighted by atomic mass is 19.1. The number of furan rings is 1. The van der Waals surface area contributed by atoms with E-state index in [0.717, 1.165) is 0 Å². The van der Waals surface area contributed by atoms with Crippen LogP contribution < -0.4 is 5.32 Å². The first kappa shape index (κ1) is 13.9. The highest BCUT2D eigenvalue weighted by molar-refractivity contribution is 5.90. The van der Waals surface area contributed by atoms with Crippen LogP contribution in [0.5, 0.6) is 0 Å². The first-order chi connectivity index (χ1) is 10.8. The second-order valence-electron chi connectivity index (χ2n) is 4.35. The number of rotatable bonds is 5. The third-order valence-corrected chi connectivity index (χ3v) is 2.78. The molecule has 3 aromatic rings. The molecule has 0 spiro atoms. The molecule has 0 atom stereocenters.